The van der Waals surface area contributed by atoms with Crippen LogP contribution in [0.2, 0.25) is 0 Å². The Bertz CT molecular complexity index is 752. The number of fused-ring (bicyclic) bond motifs is 1. The number of nitrogens with zero attached hydrogens (tertiary/aromatic N) is 3. The predicted molar refractivity (Wildman–Crippen MR) is 101 cm³/mol. The van der Waals surface area contributed by atoms with Crippen LogP contribution in [0.15, 0.2) is 24.4 Å². The van der Waals surface area contributed by atoms with Crippen molar-refractivity contribution in [2.24, 2.45) is 0 Å². The van der Waals surface area contributed by atoms with Gasteiger partial charge in [-0.05, 0) is 63.4 Å². The maximum absolute atomic E-state index is 4.79. The molecule has 0 radical (unpaired) electrons. The zero-order chi connectivity index (χ0) is 17.4. The van der Waals surface area contributed by atoms with Crippen LogP contribution in [0.1, 0.15) is 42.1 Å². The first-order chi connectivity index (χ1) is 12.1. The molecule has 0 amide bonds. The molecular weight excluding hydrogens is 310 g/mol. The van der Waals surface area contributed by atoms with Crippen molar-refractivity contribution in [3.63, 3.8) is 0 Å². The Morgan fingerprint density at radius 3 is 2.72 bits per heavy atom. The van der Waals surface area contributed by atoms with Crippen LogP contribution in [0.5, 0.6) is 0 Å². The summed E-state index contributed by atoms with van der Waals surface area (Å²) in [7, 11) is 0. The van der Waals surface area contributed by atoms with Gasteiger partial charge in [0.05, 0.1) is 5.69 Å². The minimum absolute atomic E-state index is 0.607. The molecule has 25 heavy (non-hydrogen) atoms. The van der Waals surface area contributed by atoms with Gasteiger partial charge in [0.15, 0.2) is 0 Å². The Kier molecular flexibility index (Phi) is 4.44. The molecular formula is C20H27N5. The van der Waals surface area contributed by atoms with E-state index in [9.17, 15) is 0 Å². The van der Waals surface area contributed by atoms with Crippen molar-refractivity contribution in [2.75, 3.05) is 11.9 Å². The zero-order valence-corrected chi connectivity index (χ0v) is 15.3. The van der Waals surface area contributed by atoms with Gasteiger partial charge in [-0.1, -0.05) is 6.07 Å². The van der Waals surface area contributed by atoms with E-state index in [-0.39, 0.29) is 0 Å². The lowest BCUT2D eigenvalue weighted by molar-refractivity contribution is 0.146. The van der Waals surface area contributed by atoms with E-state index in [2.05, 4.69) is 59.5 Å². The van der Waals surface area contributed by atoms with E-state index in [4.69, 9.17) is 4.98 Å². The van der Waals surface area contributed by atoms with Crippen LogP contribution in [-0.2, 0) is 13.1 Å². The summed E-state index contributed by atoms with van der Waals surface area (Å²) in [6.45, 7) is 9.54. The van der Waals surface area contributed by atoms with Crippen molar-refractivity contribution in [1.29, 1.82) is 0 Å². The topological polar surface area (TPSA) is 53.1 Å². The van der Waals surface area contributed by atoms with Crippen molar-refractivity contribution in [3.8, 4) is 0 Å². The van der Waals surface area contributed by atoms with E-state index < -0.39 is 0 Å². The lowest BCUT2D eigenvalue weighted by Crippen LogP contribution is -2.45. The highest BCUT2D eigenvalue weighted by atomic mass is 15.2. The molecule has 2 aliphatic heterocycles. The fourth-order valence-corrected chi connectivity index (χ4v) is 4.11. The fourth-order valence-electron chi connectivity index (χ4n) is 4.11. The largest absolute Gasteiger partial charge is 0.324 e. The summed E-state index contributed by atoms with van der Waals surface area (Å²) in [5.41, 5.74) is 5.99. The number of anilines is 2. The molecule has 5 heteroatoms. The minimum Gasteiger partial charge on any atom is -0.324 e. The lowest BCUT2D eigenvalue weighted by Gasteiger charge is -2.34. The number of hydrogen-bond donors (Lipinski definition) is 2. The number of hydrogen-bond acceptors (Lipinski definition) is 5. The van der Waals surface area contributed by atoms with Gasteiger partial charge in [-0.3, -0.25) is 4.90 Å². The zero-order valence-electron chi connectivity index (χ0n) is 15.3. The van der Waals surface area contributed by atoms with Gasteiger partial charge in [0.25, 0.3) is 0 Å². The third-order valence-electron chi connectivity index (χ3n) is 5.27. The normalized spacial score (nSPS) is 23.5. The number of aromatic nitrogens is 2. The van der Waals surface area contributed by atoms with Crippen LogP contribution >= 0.6 is 0 Å². The SMILES string of the molecule is Cc1cc(C)cc(Nc2ncc3c(n2)CN([C@@H]2CCN[C@H](C)C2)C3)c1. The van der Waals surface area contributed by atoms with Gasteiger partial charge in [0.2, 0.25) is 5.95 Å². The summed E-state index contributed by atoms with van der Waals surface area (Å²) in [6, 6.07) is 7.70. The molecule has 0 bridgehead atoms. The highest BCUT2D eigenvalue weighted by molar-refractivity contribution is 5.56. The number of piperidine rings is 1. The molecule has 1 aromatic carbocycles. The maximum atomic E-state index is 4.79. The molecule has 4 rings (SSSR count). The first kappa shape index (κ1) is 16.5. The van der Waals surface area contributed by atoms with Crippen LogP contribution in [0, 0.1) is 13.8 Å². The first-order valence-corrected chi connectivity index (χ1v) is 9.24. The molecule has 2 aliphatic rings. The van der Waals surface area contributed by atoms with Gasteiger partial charge in [-0.15, -0.1) is 0 Å². The number of rotatable bonds is 3. The fraction of sp³-hybridized carbons (Fsp3) is 0.500. The number of nitrogens with one attached hydrogen (secondary N) is 2. The molecule has 1 fully saturated rings. The summed E-state index contributed by atoms with van der Waals surface area (Å²) in [6.07, 6.45) is 4.44. The number of benzene rings is 1. The smallest absolute Gasteiger partial charge is 0.227 e. The van der Waals surface area contributed by atoms with Gasteiger partial charge >= 0.3 is 0 Å². The van der Waals surface area contributed by atoms with Crippen molar-refractivity contribution >= 4 is 11.6 Å². The molecule has 2 atom stereocenters. The Hall–Kier alpha value is -1.98. The van der Waals surface area contributed by atoms with Crippen molar-refractivity contribution < 1.29 is 0 Å². The Morgan fingerprint density at radius 1 is 1.16 bits per heavy atom. The molecule has 132 valence electrons. The molecule has 1 aromatic heterocycles. The Morgan fingerprint density at radius 2 is 1.96 bits per heavy atom. The monoisotopic (exact) mass is 337 g/mol. The van der Waals surface area contributed by atoms with Gasteiger partial charge < -0.3 is 10.6 Å². The van der Waals surface area contributed by atoms with Crippen molar-refractivity contribution in [1.82, 2.24) is 20.2 Å². The third-order valence-corrected chi connectivity index (χ3v) is 5.27. The van der Waals surface area contributed by atoms with Crippen molar-refractivity contribution in [3.05, 3.63) is 46.8 Å². The Balaban J connectivity index is 1.48. The molecule has 1 saturated heterocycles. The second-order valence-corrected chi connectivity index (χ2v) is 7.61. The van der Waals surface area contributed by atoms with Crippen LogP contribution in [0.3, 0.4) is 0 Å². The average molecular weight is 337 g/mol. The van der Waals surface area contributed by atoms with Crippen LogP contribution < -0.4 is 10.6 Å². The molecule has 0 saturated carbocycles. The van der Waals surface area contributed by atoms with Gasteiger partial charge in [-0.2, -0.15) is 0 Å². The Labute approximate surface area is 149 Å². The molecule has 3 heterocycles. The standard InChI is InChI=1S/C20H27N5/c1-13-6-14(2)8-17(7-13)23-20-22-10-16-11-25(12-19(16)24-20)18-4-5-21-15(3)9-18/h6-8,10,15,18,21H,4-5,9,11-12H2,1-3H3,(H,22,23,24)/t15-,18-/m1/s1. The molecule has 0 unspecified atom stereocenters. The van der Waals surface area contributed by atoms with Gasteiger partial charge in [0, 0.05) is 42.6 Å². The van der Waals surface area contributed by atoms with Gasteiger partial charge in [0.1, 0.15) is 0 Å². The molecule has 0 aliphatic carbocycles. The minimum atomic E-state index is 0.607. The molecule has 2 N–H and O–H groups in total. The van der Waals surface area contributed by atoms with E-state index in [0.717, 1.165) is 25.3 Å². The van der Waals surface area contributed by atoms with E-state index in [1.54, 1.807) is 0 Å². The van der Waals surface area contributed by atoms with E-state index in [1.807, 2.05) is 6.20 Å². The lowest BCUT2D eigenvalue weighted by atomic mass is 9.99. The van der Waals surface area contributed by atoms with E-state index in [1.165, 1.54) is 35.2 Å². The highest BCUT2D eigenvalue weighted by Crippen LogP contribution is 2.28. The third kappa shape index (κ3) is 3.67. The summed E-state index contributed by atoms with van der Waals surface area (Å²) in [4.78, 5) is 11.9. The predicted octanol–water partition coefficient (Wildman–Crippen LogP) is 3.29. The highest BCUT2D eigenvalue weighted by Gasteiger charge is 2.30. The maximum Gasteiger partial charge on any atom is 0.227 e. The summed E-state index contributed by atoms with van der Waals surface area (Å²) < 4.78 is 0. The summed E-state index contributed by atoms with van der Waals surface area (Å²) in [5, 5.41) is 6.90. The summed E-state index contributed by atoms with van der Waals surface area (Å²) in [5.74, 6) is 0.698. The summed E-state index contributed by atoms with van der Waals surface area (Å²) >= 11 is 0. The molecule has 5 nitrogen and oxygen atoms in total. The molecule has 0 spiro atoms. The van der Waals surface area contributed by atoms with Crippen LogP contribution in [-0.4, -0.2) is 33.5 Å². The van der Waals surface area contributed by atoms with Crippen molar-refractivity contribution in [2.45, 2.75) is 58.8 Å². The van der Waals surface area contributed by atoms with Crippen LogP contribution in [0.4, 0.5) is 11.6 Å². The average Bonchev–Trinajstić information content (AvgIpc) is 2.97. The van der Waals surface area contributed by atoms with Gasteiger partial charge in [-0.25, -0.2) is 9.97 Å². The second-order valence-electron chi connectivity index (χ2n) is 7.61. The number of aryl methyl sites for hydroxylation is 2. The molecule has 2 aromatic rings. The van der Waals surface area contributed by atoms with E-state index >= 15 is 0 Å². The van der Waals surface area contributed by atoms with E-state index in [0.29, 0.717) is 18.0 Å². The van der Waals surface area contributed by atoms with Crippen LogP contribution in [0.25, 0.3) is 0 Å². The first-order valence-electron chi connectivity index (χ1n) is 9.24. The quantitative estimate of drug-likeness (QED) is 0.900. The second kappa shape index (κ2) is 6.73.